The second kappa shape index (κ2) is 8.10. The fraction of sp³-hybridized carbons (Fsp3) is 0.800. The van der Waals surface area contributed by atoms with Gasteiger partial charge in [0.15, 0.2) is 5.78 Å². The molecule has 35 heavy (non-hydrogen) atoms. The van der Waals surface area contributed by atoms with Crippen molar-refractivity contribution in [2.24, 2.45) is 39.4 Å². The van der Waals surface area contributed by atoms with E-state index in [-0.39, 0.29) is 39.8 Å². The minimum atomic E-state index is -1.42. The summed E-state index contributed by atoms with van der Waals surface area (Å²) in [7, 11) is 0. The maximum Gasteiger partial charge on any atom is 0.160 e. The van der Waals surface area contributed by atoms with E-state index in [9.17, 15) is 24.9 Å². The Hall–Kier alpha value is -1.30. The van der Waals surface area contributed by atoms with Gasteiger partial charge in [-0.15, -0.1) is 0 Å². The average Bonchev–Trinajstić information content (AvgIpc) is 3.00. The van der Waals surface area contributed by atoms with Crippen LogP contribution in [0, 0.1) is 39.4 Å². The third-order valence-electron chi connectivity index (χ3n) is 11.2. The largest absolute Gasteiger partial charge is 0.390 e. The van der Waals surface area contributed by atoms with Crippen LogP contribution in [0.5, 0.6) is 0 Å². The molecule has 5 heteroatoms. The summed E-state index contributed by atoms with van der Waals surface area (Å²) in [5, 5.41) is 31.1. The van der Waals surface area contributed by atoms with Gasteiger partial charge in [-0.05, 0) is 73.7 Å². The Morgan fingerprint density at radius 1 is 1.09 bits per heavy atom. The average molecular weight is 487 g/mol. The Morgan fingerprint density at radius 2 is 1.71 bits per heavy atom. The highest BCUT2D eigenvalue weighted by Crippen LogP contribution is 2.72. The van der Waals surface area contributed by atoms with Gasteiger partial charge in [-0.1, -0.05) is 53.7 Å². The second-order valence-electron chi connectivity index (χ2n) is 14.1. The molecule has 2 saturated carbocycles. The molecule has 0 saturated heterocycles. The summed E-state index contributed by atoms with van der Waals surface area (Å²) in [4.78, 5) is 26.4. The molecule has 0 heterocycles. The lowest BCUT2D eigenvalue weighted by Crippen LogP contribution is -2.61. The highest BCUT2D eigenvalue weighted by molar-refractivity contribution is 6.01. The maximum atomic E-state index is 13.5. The predicted octanol–water partition coefficient (Wildman–Crippen LogP) is 4.78. The van der Waals surface area contributed by atoms with Crippen LogP contribution >= 0.6 is 0 Å². The molecular formula is C30H46O5. The quantitative estimate of drug-likeness (QED) is 0.520. The number of allylic oxidation sites excluding steroid dienone is 4. The molecule has 4 rings (SSSR count). The van der Waals surface area contributed by atoms with E-state index in [1.807, 2.05) is 6.92 Å². The van der Waals surface area contributed by atoms with E-state index in [2.05, 4.69) is 46.8 Å². The number of aliphatic hydroxyl groups is 3. The molecule has 3 N–H and O–H groups in total. The van der Waals surface area contributed by atoms with Gasteiger partial charge in [0.05, 0.1) is 11.7 Å². The number of hydrogen-bond donors (Lipinski definition) is 3. The molecule has 5 nitrogen and oxygen atoms in total. The van der Waals surface area contributed by atoms with Crippen molar-refractivity contribution >= 4 is 11.6 Å². The normalized spacial score (nSPS) is 41.2. The minimum absolute atomic E-state index is 0.0138. The number of carbonyl (C=O) groups is 2. The SMILES string of the molecule is CC(C[C@H](O)[C@@H](O)C(C)(C)O)C1=C2C=C[C@H]3[C@@]4(C)CCC(=O)C(C)(C)[C@@H]4CC[C@]3(C)[C@@]2(C)CC1=O. The smallest absolute Gasteiger partial charge is 0.160 e. The standard InChI is InChI=1S/C30H46O5/c1-17(15-19(31)25(34)27(4,5)35)24-18-9-10-22-28(6)13-12-23(33)26(2,3)21(28)11-14-29(22,7)30(18,8)16-20(24)32/h9-10,17,19,21-22,25,31,34-35H,11-16H2,1-8H3/t17?,19-,21-,22-,25+,28-,29-,30-/m0/s1. The molecule has 0 aromatic heterocycles. The number of aliphatic hydroxyl groups excluding tert-OH is 2. The van der Waals surface area contributed by atoms with Crippen LogP contribution in [0.4, 0.5) is 0 Å². The van der Waals surface area contributed by atoms with Crippen molar-refractivity contribution in [1.82, 2.24) is 0 Å². The summed E-state index contributed by atoms with van der Waals surface area (Å²) < 4.78 is 0. The Morgan fingerprint density at radius 3 is 2.31 bits per heavy atom. The van der Waals surface area contributed by atoms with Gasteiger partial charge < -0.3 is 15.3 Å². The lowest BCUT2D eigenvalue weighted by Gasteiger charge is -2.66. The molecule has 8 atom stereocenters. The first-order chi connectivity index (χ1) is 15.9. The van der Waals surface area contributed by atoms with Crippen LogP contribution in [-0.4, -0.2) is 44.7 Å². The maximum absolute atomic E-state index is 13.5. The van der Waals surface area contributed by atoms with Crippen molar-refractivity contribution in [1.29, 1.82) is 0 Å². The summed E-state index contributed by atoms with van der Waals surface area (Å²) in [6.07, 6.45) is 6.30. The van der Waals surface area contributed by atoms with E-state index in [1.54, 1.807) is 0 Å². The van der Waals surface area contributed by atoms with E-state index in [0.717, 1.165) is 30.4 Å². The lowest BCUT2D eigenvalue weighted by molar-refractivity contribution is -0.165. The van der Waals surface area contributed by atoms with Crippen LogP contribution in [-0.2, 0) is 9.59 Å². The second-order valence-corrected chi connectivity index (χ2v) is 14.1. The molecule has 1 unspecified atom stereocenters. The molecule has 2 fully saturated rings. The first-order valence-electron chi connectivity index (χ1n) is 13.5. The van der Waals surface area contributed by atoms with Gasteiger partial charge in [0.25, 0.3) is 0 Å². The molecule has 4 aliphatic carbocycles. The zero-order valence-electron chi connectivity index (χ0n) is 22.9. The topological polar surface area (TPSA) is 94.8 Å². The van der Waals surface area contributed by atoms with Gasteiger partial charge in [-0.3, -0.25) is 9.59 Å². The van der Waals surface area contributed by atoms with Crippen molar-refractivity contribution in [2.45, 2.75) is 112 Å². The Balaban J connectivity index is 1.72. The van der Waals surface area contributed by atoms with E-state index in [0.29, 0.717) is 30.5 Å². The van der Waals surface area contributed by atoms with Crippen LogP contribution in [0.2, 0.25) is 0 Å². The van der Waals surface area contributed by atoms with Crippen molar-refractivity contribution in [3.8, 4) is 0 Å². The van der Waals surface area contributed by atoms with E-state index in [1.165, 1.54) is 13.8 Å². The molecule has 0 aromatic carbocycles. The molecular weight excluding hydrogens is 440 g/mol. The number of fused-ring (bicyclic) bond motifs is 5. The van der Waals surface area contributed by atoms with Crippen LogP contribution in [0.3, 0.4) is 0 Å². The lowest BCUT2D eigenvalue weighted by atomic mass is 9.37. The van der Waals surface area contributed by atoms with E-state index < -0.39 is 17.8 Å². The molecule has 0 aromatic rings. The third-order valence-corrected chi connectivity index (χ3v) is 11.2. The number of ketones is 2. The molecule has 0 aliphatic heterocycles. The third kappa shape index (κ3) is 3.67. The van der Waals surface area contributed by atoms with Gasteiger partial charge >= 0.3 is 0 Å². The summed E-state index contributed by atoms with van der Waals surface area (Å²) in [6, 6.07) is 0. The number of carbonyl (C=O) groups excluding carboxylic acids is 2. The van der Waals surface area contributed by atoms with Crippen LogP contribution in [0.1, 0.15) is 93.9 Å². The minimum Gasteiger partial charge on any atom is -0.390 e. The van der Waals surface area contributed by atoms with Crippen LogP contribution < -0.4 is 0 Å². The van der Waals surface area contributed by atoms with Crippen LogP contribution in [0.15, 0.2) is 23.3 Å². The Kier molecular flexibility index (Phi) is 6.19. The highest BCUT2D eigenvalue weighted by Gasteiger charge is 2.66. The fourth-order valence-corrected chi connectivity index (χ4v) is 8.89. The molecule has 0 radical (unpaired) electrons. The first-order valence-corrected chi connectivity index (χ1v) is 13.5. The van der Waals surface area contributed by atoms with Gasteiger partial charge in [0.2, 0.25) is 0 Å². The molecule has 196 valence electrons. The summed E-state index contributed by atoms with van der Waals surface area (Å²) in [5.74, 6) is 0.920. The number of hydrogen-bond acceptors (Lipinski definition) is 5. The summed E-state index contributed by atoms with van der Waals surface area (Å²) >= 11 is 0. The van der Waals surface area contributed by atoms with Crippen molar-refractivity contribution in [3.63, 3.8) is 0 Å². The van der Waals surface area contributed by atoms with Crippen molar-refractivity contribution in [2.75, 3.05) is 0 Å². The van der Waals surface area contributed by atoms with Crippen LogP contribution in [0.25, 0.3) is 0 Å². The molecule has 0 amide bonds. The first kappa shape index (κ1) is 26.8. The number of Topliss-reactive ketones (excluding diaryl/α,β-unsaturated/α-hetero) is 2. The zero-order valence-corrected chi connectivity index (χ0v) is 22.9. The monoisotopic (exact) mass is 486 g/mol. The van der Waals surface area contributed by atoms with E-state index >= 15 is 0 Å². The molecule has 4 aliphatic rings. The fourth-order valence-electron chi connectivity index (χ4n) is 8.89. The Bertz CT molecular complexity index is 983. The van der Waals surface area contributed by atoms with E-state index in [4.69, 9.17) is 0 Å². The summed E-state index contributed by atoms with van der Waals surface area (Å²) in [6.45, 7) is 16.2. The molecule has 0 bridgehead atoms. The van der Waals surface area contributed by atoms with Crippen molar-refractivity contribution in [3.05, 3.63) is 23.3 Å². The Labute approximate surface area is 211 Å². The summed E-state index contributed by atoms with van der Waals surface area (Å²) in [5.41, 5.74) is -0.251. The molecule has 0 spiro atoms. The number of rotatable bonds is 5. The van der Waals surface area contributed by atoms with Gasteiger partial charge in [0.1, 0.15) is 11.9 Å². The van der Waals surface area contributed by atoms with Gasteiger partial charge in [-0.25, -0.2) is 0 Å². The highest BCUT2D eigenvalue weighted by atomic mass is 16.4. The predicted molar refractivity (Wildman–Crippen MR) is 136 cm³/mol. The van der Waals surface area contributed by atoms with Crippen molar-refractivity contribution < 1.29 is 24.9 Å². The van der Waals surface area contributed by atoms with Gasteiger partial charge in [0, 0.05) is 29.2 Å². The van der Waals surface area contributed by atoms with Gasteiger partial charge in [-0.2, -0.15) is 0 Å². The zero-order chi connectivity index (χ0) is 26.4.